The van der Waals surface area contributed by atoms with Crippen molar-refractivity contribution >= 4 is 11.8 Å². The molecular weight excluding hydrogens is 184 g/mol. The van der Waals surface area contributed by atoms with E-state index in [0.29, 0.717) is 11.3 Å². The van der Waals surface area contributed by atoms with Crippen LogP contribution >= 0.6 is 0 Å². The molecule has 0 radical (unpaired) electrons. The van der Waals surface area contributed by atoms with Crippen molar-refractivity contribution in [2.24, 2.45) is 0 Å². The Kier molecular flexibility index (Phi) is 3.06. The van der Waals surface area contributed by atoms with E-state index in [1.165, 1.54) is 13.4 Å². The van der Waals surface area contributed by atoms with E-state index in [0.717, 1.165) is 5.56 Å². The van der Waals surface area contributed by atoms with Gasteiger partial charge in [-0.05, 0) is 19.4 Å². The standard InChI is InChI=1S/C10H12O4/c1-6-5-14-7(2)10(6)8(11)4-9(12)13-3/h5H,4H2,1-3H3. The second-order valence-electron chi connectivity index (χ2n) is 3.03. The highest BCUT2D eigenvalue weighted by atomic mass is 16.5. The molecule has 0 saturated heterocycles. The third-order valence-electron chi connectivity index (χ3n) is 1.97. The van der Waals surface area contributed by atoms with Gasteiger partial charge in [0, 0.05) is 0 Å². The maximum Gasteiger partial charge on any atom is 0.313 e. The quantitative estimate of drug-likeness (QED) is 0.419. The predicted octanol–water partition coefficient (Wildman–Crippen LogP) is 1.64. The fourth-order valence-electron chi connectivity index (χ4n) is 1.28. The number of esters is 1. The predicted molar refractivity (Wildman–Crippen MR) is 49.1 cm³/mol. The highest BCUT2D eigenvalue weighted by Crippen LogP contribution is 2.17. The second-order valence-corrected chi connectivity index (χ2v) is 3.03. The molecule has 4 heteroatoms. The number of carbonyl (C=O) groups excluding carboxylic acids is 2. The van der Waals surface area contributed by atoms with Crippen LogP contribution in [0.25, 0.3) is 0 Å². The molecule has 1 heterocycles. The molecule has 0 fully saturated rings. The zero-order valence-electron chi connectivity index (χ0n) is 8.42. The van der Waals surface area contributed by atoms with E-state index in [1.54, 1.807) is 13.8 Å². The van der Waals surface area contributed by atoms with Gasteiger partial charge in [0.15, 0.2) is 5.78 Å². The Morgan fingerprint density at radius 1 is 1.43 bits per heavy atom. The summed E-state index contributed by atoms with van der Waals surface area (Å²) in [6, 6.07) is 0. The number of hydrogen-bond acceptors (Lipinski definition) is 4. The molecule has 0 bridgehead atoms. The smallest absolute Gasteiger partial charge is 0.313 e. The molecule has 0 amide bonds. The minimum absolute atomic E-state index is 0.238. The van der Waals surface area contributed by atoms with Gasteiger partial charge in [0.25, 0.3) is 0 Å². The Morgan fingerprint density at radius 3 is 2.50 bits per heavy atom. The third-order valence-corrected chi connectivity index (χ3v) is 1.97. The monoisotopic (exact) mass is 196 g/mol. The molecule has 0 N–H and O–H groups in total. The molecule has 0 atom stereocenters. The van der Waals surface area contributed by atoms with Crippen LogP contribution < -0.4 is 0 Å². The van der Waals surface area contributed by atoms with E-state index >= 15 is 0 Å². The summed E-state index contributed by atoms with van der Waals surface area (Å²) >= 11 is 0. The number of rotatable bonds is 3. The molecular formula is C10H12O4. The van der Waals surface area contributed by atoms with E-state index in [1.807, 2.05) is 0 Å². The molecule has 14 heavy (non-hydrogen) atoms. The zero-order chi connectivity index (χ0) is 10.7. The molecule has 0 aliphatic carbocycles. The lowest BCUT2D eigenvalue weighted by atomic mass is 10.1. The first-order valence-corrected chi connectivity index (χ1v) is 4.21. The van der Waals surface area contributed by atoms with Crippen LogP contribution in [0, 0.1) is 13.8 Å². The Hall–Kier alpha value is -1.58. The number of carbonyl (C=O) groups is 2. The zero-order valence-corrected chi connectivity index (χ0v) is 8.42. The molecule has 1 rings (SSSR count). The lowest BCUT2D eigenvalue weighted by Crippen LogP contribution is -2.10. The number of methoxy groups -OCH3 is 1. The van der Waals surface area contributed by atoms with Crippen molar-refractivity contribution in [3.8, 4) is 0 Å². The Morgan fingerprint density at radius 2 is 2.07 bits per heavy atom. The third kappa shape index (κ3) is 2.02. The van der Waals surface area contributed by atoms with Gasteiger partial charge in [-0.15, -0.1) is 0 Å². The number of aryl methyl sites for hydroxylation is 2. The second kappa shape index (κ2) is 4.09. The van der Waals surface area contributed by atoms with Crippen LogP contribution in [0.4, 0.5) is 0 Å². The van der Waals surface area contributed by atoms with Gasteiger partial charge < -0.3 is 9.15 Å². The molecule has 0 aromatic carbocycles. The van der Waals surface area contributed by atoms with Crippen molar-refractivity contribution in [1.29, 1.82) is 0 Å². The molecule has 4 nitrogen and oxygen atoms in total. The first kappa shape index (κ1) is 10.5. The van der Waals surface area contributed by atoms with E-state index < -0.39 is 5.97 Å². The fourth-order valence-corrected chi connectivity index (χ4v) is 1.28. The summed E-state index contributed by atoms with van der Waals surface area (Å²) in [5, 5.41) is 0. The van der Waals surface area contributed by atoms with Gasteiger partial charge >= 0.3 is 5.97 Å². The lowest BCUT2D eigenvalue weighted by Gasteiger charge is -1.99. The van der Waals surface area contributed by atoms with Crippen LogP contribution in [0.15, 0.2) is 10.7 Å². The van der Waals surface area contributed by atoms with Crippen molar-refractivity contribution in [3.63, 3.8) is 0 Å². The van der Waals surface area contributed by atoms with Crippen LogP contribution in [-0.2, 0) is 9.53 Å². The maximum atomic E-state index is 11.6. The average molecular weight is 196 g/mol. The maximum absolute atomic E-state index is 11.6. The Balaban J connectivity index is 2.84. The van der Waals surface area contributed by atoms with Crippen molar-refractivity contribution in [3.05, 3.63) is 23.2 Å². The topological polar surface area (TPSA) is 56.5 Å². The van der Waals surface area contributed by atoms with Crippen LogP contribution in [0.3, 0.4) is 0 Å². The van der Waals surface area contributed by atoms with Gasteiger partial charge in [-0.2, -0.15) is 0 Å². The summed E-state index contributed by atoms with van der Waals surface area (Å²) in [5.74, 6) is -0.257. The average Bonchev–Trinajstić information content (AvgIpc) is 2.46. The highest BCUT2D eigenvalue weighted by Gasteiger charge is 2.18. The molecule has 0 aliphatic heterocycles. The van der Waals surface area contributed by atoms with Crippen molar-refractivity contribution in [2.45, 2.75) is 20.3 Å². The molecule has 1 aromatic heterocycles. The lowest BCUT2D eigenvalue weighted by molar-refractivity contribution is -0.139. The van der Waals surface area contributed by atoms with E-state index in [9.17, 15) is 9.59 Å². The fraction of sp³-hybridized carbons (Fsp3) is 0.400. The van der Waals surface area contributed by atoms with Crippen molar-refractivity contribution in [2.75, 3.05) is 7.11 Å². The molecule has 1 aromatic rings. The van der Waals surface area contributed by atoms with Crippen LogP contribution in [0.5, 0.6) is 0 Å². The van der Waals surface area contributed by atoms with Gasteiger partial charge in [-0.3, -0.25) is 9.59 Å². The van der Waals surface area contributed by atoms with Crippen molar-refractivity contribution in [1.82, 2.24) is 0 Å². The van der Waals surface area contributed by atoms with Gasteiger partial charge in [0.2, 0.25) is 0 Å². The van der Waals surface area contributed by atoms with E-state index in [2.05, 4.69) is 4.74 Å². The number of ketones is 1. The largest absolute Gasteiger partial charge is 0.469 e. The van der Waals surface area contributed by atoms with Gasteiger partial charge in [0.05, 0.1) is 18.9 Å². The summed E-state index contributed by atoms with van der Waals surface area (Å²) in [5.41, 5.74) is 1.23. The number of furan rings is 1. The van der Waals surface area contributed by atoms with Gasteiger partial charge in [-0.25, -0.2) is 0 Å². The summed E-state index contributed by atoms with van der Waals surface area (Å²) < 4.78 is 9.47. The highest BCUT2D eigenvalue weighted by molar-refractivity contribution is 6.07. The Bertz CT molecular complexity index is 343. The number of hydrogen-bond donors (Lipinski definition) is 0. The molecule has 76 valence electrons. The minimum Gasteiger partial charge on any atom is -0.469 e. The van der Waals surface area contributed by atoms with E-state index in [4.69, 9.17) is 4.42 Å². The first-order valence-electron chi connectivity index (χ1n) is 4.21. The number of Topliss-reactive ketones (excluding diaryl/α,β-unsaturated/α-hetero) is 1. The van der Waals surface area contributed by atoms with Crippen LogP contribution in [0.1, 0.15) is 28.1 Å². The van der Waals surface area contributed by atoms with E-state index in [-0.39, 0.29) is 12.2 Å². The first-order chi connectivity index (χ1) is 6.56. The molecule has 0 spiro atoms. The van der Waals surface area contributed by atoms with Crippen molar-refractivity contribution < 1.29 is 18.7 Å². The Labute approximate surface area is 81.9 Å². The van der Waals surface area contributed by atoms with Gasteiger partial charge in [-0.1, -0.05) is 0 Å². The van der Waals surface area contributed by atoms with Gasteiger partial charge in [0.1, 0.15) is 12.2 Å². The SMILES string of the molecule is COC(=O)CC(=O)c1c(C)coc1C. The minimum atomic E-state index is -0.532. The normalized spacial score (nSPS) is 9.93. The molecule has 0 saturated carbocycles. The molecule has 0 unspecified atom stereocenters. The summed E-state index contributed by atoms with van der Waals surface area (Å²) in [7, 11) is 1.25. The summed E-state index contributed by atoms with van der Waals surface area (Å²) in [6.07, 6.45) is 1.26. The summed E-state index contributed by atoms with van der Waals surface area (Å²) in [4.78, 5) is 22.4. The molecule has 0 aliphatic rings. The number of ether oxygens (including phenoxy) is 1. The van der Waals surface area contributed by atoms with Crippen LogP contribution in [-0.4, -0.2) is 18.9 Å². The van der Waals surface area contributed by atoms with Crippen LogP contribution in [0.2, 0.25) is 0 Å². The summed E-state index contributed by atoms with van der Waals surface area (Å²) in [6.45, 7) is 3.46.